The Morgan fingerprint density at radius 3 is 0.870 bits per heavy atom. The standard InChI is InChI=1S/C15H23F3O4Si.C15H26O4Si.C9H8Cl3F3OSi.C9H11Cl3OSi.C2H6O/c1-5-20-23(21-6-2,22-7-3)13-10-8-9-12(11-13)14(4,19)15(16,17)18;1-6-17-20(18-7-2,19-8-3)14-11-9-13(10-12-14)15(4,5)16;1-8(16,9(13,14)15)6-3-2-4-7(5-6)17(10,11)12;1-9(2,13)7-3-5-8(6-4-7)14(10,11)12;1-2-3/h8-11,19H,5-7H2,1-4H3;9-12,16H,6-8H2,1-5H3;2-5,16H,1H3;3-6,13H,1-2H3;3H,2H2,1H3. The third kappa shape index (κ3) is 23.8. The van der Waals surface area contributed by atoms with E-state index in [4.69, 9.17) is 98.1 Å². The number of rotatable bonds is 20. The zero-order chi connectivity index (χ0) is 60.1. The van der Waals surface area contributed by atoms with Crippen molar-refractivity contribution in [2.75, 3.05) is 46.2 Å². The SMILES string of the molecule is CC(C)(O)c1ccc([Si](Cl)(Cl)Cl)cc1.CC(O)(c1cccc([Si](Cl)(Cl)Cl)c1)C(F)(F)F.CCO.CCO[Si](OCC)(OCC)c1ccc(C(C)(C)O)cc1.CCO[Si](OCC)(OCC)c1cccc(C(C)(O)C(F)(F)F)c1. The van der Waals surface area contributed by atoms with Crippen molar-refractivity contribution in [2.45, 2.75) is 125 Å². The van der Waals surface area contributed by atoms with Gasteiger partial charge in [0.1, 0.15) is 0 Å². The summed E-state index contributed by atoms with van der Waals surface area (Å²) >= 11 is 34.6. The molecule has 0 fully saturated rings. The zero-order valence-corrected chi connectivity index (χ0v) is 53.9. The second-order valence-corrected chi connectivity index (χ2v) is 39.5. The van der Waals surface area contributed by atoms with Crippen LogP contribution in [0.15, 0.2) is 97.1 Å². The highest BCUT2D eigenvalue weighted by Crippen LogP contribution is 2.39. The number of aliphatic hydroxyl groups is 5. The van der Waals surface area contributed by atoms with Crippen molar-refractivity contribution >= 4 is 117 Å². The summed E-state index contributed by atoms with van der Waals surface area (Å²) in [4.78, 5) is 0. The number of benzene rings is 4. The fraction of sp³-hybridized carbons (Fsp3) is 0.520. The number of aliphatic hydroxyl groups excluding tert-OH is 1. The molecule has 4 aromatic carbocycles. The molecule has 0 heterocycles. The van der Waals surface area contributed by atoms with Crippen molar-refractivity contribution in [3.05, 3.63) is 119 Å². The van der Waals surface area contributed by atoms with Crippen molar-refractivity contribution in [2.24, 2.45) is 0 Å². The van der Waals surface area contributed by atoms with Crippen molar-refractivity contribution < 1.29 is 78.4 Å². The van der Waals surface area contributed by atoms with Crippen molar-refractivity contribution in [3.63, 3.8) is 0 Å². The summed E-state index contributed by atoms with van der Waals surface area (Å²) in [6.07, 6.45) is -9.58. The number of halogens is 12. The molecule has 0 aromatic heterocycles. The molecule has 0 radical (unpaired) electrons. The number of hydrogen-bond acceptors (Lipinski definition) is 11. The maximum atomic E-state index is 13.1. The van der Waals surface area contributed by atoms with Gasteiger partial charge in [-0.1, -0.05) is 91.0 Å². The average Bonchev–Trinajstić information content (AvgIpc) is 3.31. The van der Waals surface area contributed by atoms with Gasteiger partial charge in [0.15, 0.2) is 11.2 Å². The van der Waals surface area contributed by atoms with Crippen molar-refractivity contribution in [1.82, 2.24) is 0 Å². The van der Waals surface area contributed by atoms with Gasteiger partial charge in [0, 0.05) is 56.6 Å². The van der Waals surface area contributed by atoms with Crippen LogP contribution in [0.4, 0.5) is 26.3 Å². The fourth-order valence-corrected chi connectivity index (χ4v) is 14.7. The summed E-state index contributed by atoms with van der Waals surface area (Å²) in [5.74, 6) is 0. The summed E-state index contributed by atoms with van der Waals surface area (Å²) in [5, 5.41) is 48.9. The Morgan fingerprint density at radius 1 is 0.377 bits per heavy atom. The normalized spacial score (nSPS) is 14.2. The lowest BCUT2D eigenvalue weighted by Gasteiger charge is -2.31. The van der Waals surface area contributed by atoms with E-state index in [-0.39, 0.29) is 22.9 Å². The molecule has 0 aliphatic carbocycles. The topological polar surface area (TPSA) is 157 Å². The van der Waals surface area contributed by atoms with Crippen LogP contribution in [-0.4, -0.2) is 114 Å². The first-order valence-corrected chi connectivity index (χ1v) is 37.7. The minimum Gasteiger partial charge on any atom is -0.397 e. The van der Waals surface area contributed by atoms with E-state index in [9.17, 15) is 46.8 Å². The highest BCUT2D eigenvalue weighted by atomic mass is 35.8. The lowest BCUT2D eigenvalue weighted by molar-refractivity contribution is -0.259. The third-order valence-corrected chi connectivity index (χ3v) is 22.5. The predicted octanol–water partition coefficient (Wildman–Crippen LogP) is 11.0. The molecular formula is C50H74Cl6F6O11Si4. The van der Waals surface area contributed by atoms with E-state index >= 15 is 0 Å². The molecule has 4 aromatic rings. The van der Waals surface area contributed by atoms with Crippen molar-refractivity contribution in [1.29, 1.82) is 0 Å². The van der Waals surface area contributed by atoms with E-state index in [1.807, 2.05) is 45.0 Å². The van der Waals surface area contributed by atoms with Crippen LogP contribution in [0.2, 0.25) is 0 Å². The Hall–Kier alpha value is -1.37. The van der Waals surface area contributed by atoms with Gasteiger partial charge in [-0.05, 0) is 129 Å². The van der Waals surface area contributed by atoms with Crippen LogP contribution in [0, 0.1) is 0 Å². The van der Waals surface area contributed by atoms with Gasteiger partial charge in [-0.25, -0.2) is 0 Å². The molecular weight excluding hydrogens is 1220 g/mol. The van der Waals surface area contributed by atoms with Crippen LogP contribution in [0.3, 0.4) is 0 Å². The van der Waals surface area contributed by atoms with Gasteiger partial charge in [0.25, 0.3) is 0 Å². The first-order chi connectivity index (χ1) is 35.1. The molecule has 0 saturated carbocycles. The Labute approximate surface area is 482 Å². The third-order valence-electron chi connectivity index (χ3n) is 10.5. The number of hydrogen-bond donors (Lipinski definition) is 5. The molecule has 440 valence electrons. The van der Waals surface area contributed by atoms with Gasteiger partial charge >= 0.3 is 42.0 Å². The van der Waals surface area contributed by atoms with Crippen LogP contribution in [0.5, 0.6) is 0 Å². The Bertz CT molecular complexity index is 2230. The highest BCUT2D eigenvalue weighted by Gasteiger charge is 2.53. The lowest BCUT2D eigenvalue weighted by atomic mass is 9.96. The van der Waals surface area contributed by atoms with E-state index < -0.39 is 64.4 Å². The Kier molecular flexibility index (Phi) is 31.9. The molecule has 0 aliphatic rings. The summed E-state index contributed by atoms with van der Waals surface area (Å²) in [7, 11) is -6.15. The van der Waals surface area contributed by atoms with Crippen LogP contribution in [0.25, 0.3) is 0 Å². The van der Waals surface area contributed by atoms with Gasteiger partial charge in [-0.3, -0.25) is 0 Å². The average molecular weight is 1290 g/mol. The molecule has 0 spiro atoms. The summed E-state index contributed by atoms with van der Waals surface area (Å²) in [6, 6.07) is 19.2. The van der Waals surface area contributed by atoms with Crippen LogP contribution >= 0.6 is 66.5 Å². The predicted molar refractivity (Wildman–Crippen MR) is 307 cm³/mol. The summed E-state index contributed by atoms with van der Waals surface area (Å²) in [6.45, 7) is 23.9. The minimum absolute atomic E-state index is 0.199. The zero-order valence-electron chi connectivity index (χ0n) is 45.4. The summed E-state index contributed by atoms with van der Waals surface area (Å²) < 4.78 is 112. The highest BCUT2D eigenvalue weighted by molar-refractivity contribution is 7.70. The fourth-order valence-electron chi connectivity index (χ4n) is 6.38. The molecule has 0 saturated heterocycles. The lowest BCUT2D eigenvalue weighted by Crippen LogP contribution is -2.57. The Balaban J connectivity index is 0.000000995. The second kappa shape index (κ2) is 32.5. The van der Waals surface area contributed by atoms with Crippen molar-refractivity contribution in [3.8, 4) is 0 Å². The molecule has 2 unspecified atom stereocenters. The van der Waals surface area contributed by atoms with E-state index in [0.717, 1.165) is 40.6 Å². The Morgan fingerprint density at radius 2 is 0.623 bits per heavy atom. The molecule has 0 amide bonds. The monoisotopic (exact) mass is 1290 g/mol. The maximum Gasteiger partial charge on any atom is 0.537 e. The molecule has 2 atom stereocenters. The number of alkyl halides is 6. The largest absolute Gasteiger partial charge is 0.537 e. The van der Waals surface area contributed by atoms with Crippen LogP contribution in [0.1, 0.15) is 112 Å². The van der Waals surface area contributed by atoms with Gasteiger partial charge in [0.05, 0.1) is 11.2 Å². The van der Waals surface area contributed by atoms with Crippen LogP contribution < -0.4 is 20.7 Å². The second-order valence-electron chi connectivity index (χ2n) is 17.6. The quantitative estimate of drug-likeness (QED) is 0.0326. The molecule has 0 aliphatic heterocycles. The van der Waals surface area contributed by atoms with E-state index in [2.05, 4.69) is 0 Å². The minimum atomic E-state index is -4.79. The van der Waals surface area contributed by atoms with Gasteiger partial charge in [-0.2, -0.15) is 26.3 Å². The summed E-state index contributed by atoms with van der Waals surface area (Å²) in [5.41, 5.74) is -6.60. The van der Waals surface area contributed by atoms with E-state index in [1.165, 1.54) is 30.3 Å². The molecule has 11 nitrogen and oxygen atoms in total. The molecule has 5 N–H and O–H groups in total. The van der Waals surface area contributed by atoms with Gasteiger partial charge in [-0.15, -0.1) is 66.5 Å². The van der Waals surface area contributed by atoms with Gasteiger partial charge < -0.3 is 52.1 Å². The smallest absolute Gasteiger partial charge is 0.397 e. The van der Waals surface area contributed by atoms with Crippen LogP contribution in [-0.2, 0) is 49.0 Å². The van der Waals surface area contributed by atoms with Gasteiger partial charge in [0.2, 0.25) is 0 Å². The van der Waals surface area contributed by atoms with E-state index in [0.29, 0.717) is 51.8 Å². The van der Waals surface area contributed by atoms with E-state index in [1.54, 1.807) is 85.7 Å². The maximum absolute atomic E-state index is 13.1. The molecule has 0 bridgehead atoms. The molecule has 4 rings (SSSR count). The molecule has 27 heteroatoms. The first kappa shape index (κ1) is 75.6. The first-order valence-electron chi connectivity index (χ1n) is 24.2. The molecule has 77 heavy (non-hydrogen) atoms.